The van der Waals surface area contributed by atoms with Crippen LogP contribution >= 0.6 is 0 Å². The Morgan fingerprint density at radius 1 is 0.862 bits per heavy atom. The number of aromatic nitrogens is 2. The summed E-state index contributed by atoms with van der Waals surface area (Å²) in [5.41, 5.74) is 2.40. The van der Waals surface area contributed by atoms with Crippen LogP contribution in [0.25, 0.3) is 0 Å². The molecule has 0 bridgehead atoms. The zero-order chi connectivity index (χ0) is 19.9. The van der Waals surface area contributed by atoms with Gasteiger partial charge in [-0.15, -0.1) is 10.2 Å². The first-order valence-corrected chi connectivity index (χ1v) is 10.2. The zero-order valence-corrected chi connectivity index (χ0v) is 16.5. The molecule has 1 fully saturated rings. The Bertz CT molecular complexity index is 905. The lowest BCUT2D eigenvalue weighted by molar-refractivity contribution is -0.115. The summed E-state index contributed by atoms with van der Waals surface area (Å²) in [5, 5.41) is 11.4. The summed E-state index contributed by atoms with van der Waals surface area (Å²) < 4.78 is 0. The minimum Gasteiger partial charge on any atom is -0.355 e. The number of nitrogens with zero attached hydrogens (tertiary/aromatic N) is 3. The van der Waals surface area contributed by atoms with E-state index in [2.05, 4.69) is 50.7 Å². The second-order valence-corrected chi connectivity index (χ2v) is 7.61. The van der Waals surface area contributed by atoms with E-state index in [4.69, 9.17) is 0 Å². The van der Waals surface area contributed by atoms with E-state index in [-0.39, 0.29) is 5.91 Å². The van der Waals surface area contributed by atoms with Gasteiger partial charge in [-0.2, -0.15) is 0 Å². The van der Waals surface area contributed by atoms with Crippen LogP contribution in [0.2, 0.25) is 0 Å². The Kier molecular flexibility index (Phi) is 6.15. The Labute approximate surface area is 171 Å². The van der Waals surface area contributed by atoms with Gasteiger partial charge in [-0.25, -0.2) is 0 Å². The summed E-state index contributed by atoms with van der Waals surface area (Å²) in [7, 11) is 0. The summed E-state index contributed by atoms with van der Waals surface area (Å²) in [4.78, 5) is 14.4. The van der Waals surface area contributed by atoms with Gasteiger partial charge in [0, 0.05) is 13.1 Å². The molecule has 148 valence electrons. The van der Waals surface area contributed by atoms with E-state index in [0.717, 1.165) is 49.7 Å². The summed E-state index contributed by atoms with van der Waals surface area (Å²) in [6.07, 6.45) is 3.80. The fourth-order valence-electron chi connectivity index (χ4n) is 3.84. The lowest BCUT2D eigenvalue weighted by atomic mass is 9.90. The van der Waals surface area contributed by atoms with Crippen molar-refractivity contribution in [3.63, 3.8) is 0 Å². The third-order valence-electron chi connectivity index (χ3n) is 5.43. The highest BCUT2D eigenvalue weighted by Gasteiger charge is 2.20. The molecule has 3 aromatic rings. The van der Waals surface area contributed by atoms with Crippen molar-refractivity contribution in [3.8, 4) is 0 Å². The second-order valence-electron chi connectivity index (χ2n) is 7.61. The smallest absolute Gasteiger partial charge is 0.229 e. The van der Waals surface area contributed by atoms with Gasteiger partial charge in [0.15, 0.2) is 11.6 Å². The van der Waals surface area contributed by atoms with E-state index in [9.17, 15) is 4.79 Å². The molecule has 5 nitrogen and oxygen atoms in total. The molecule has 4 rings (SSSR count). The Morgan fingerprint density at radius 3 is 2.14 bits per heavy atom. The quantitative estimate of drug-likeness (QED) is 0.692. The molecule has 1 N–H and O–H groups in total. The van der Waals surface area contributed by atoms with Crippen LogP contribution in [0, 0.1) is 5.92 Å². The molecule has 0 saturated carbocycles. The van der Waals surface area contributed by atoms with Gasteiger partial charge in [-0.05, 0) is 48.4 Å². The molecule has 0 aliphatic carbocycles. The molecule has 0 radical (unpaired) electrons. The zero-order valence-electron chi connectivity index (χ0n) is 16.5. The average Bonchev–Trinajstić information content (AvgIpc) is 2.76. The van der Waals surface area contributed by atoms with Gasteiger partial charge in [-0.1, -0.05) is 60.7 Å². The van der Waals surface area contributed by atoms with Crippen molar-refractivity contribution in [3.05, 3.63) is 83.9 Å². The molecule has 0 spiro atoms. The first-order valence-electron chi connectivity index (χ1n) is 10.2. The molecule has 1 aromatic heterocycles. The first-order chi connectivity index (χ1) is 14.3. The van der Waals surface area contributed by atoms with Crippen molar-refractivity contribution in [1.29, 1.82) is 0 Å². The highest BCUT2D eigenvalue weighted by Crippen LogP contribution is 2.24. The van der Waals surface area contributed by atoms with Crippen LogP contribution in [0.3, 0.4) is 0 Å². The van der Waals surface area contributed by atoms with E-state index in [1.165, 1.54) is 5.56 Å². The average molecular weight is 386 g/mol. The fraction of sp³-hybridized carbons (Fsp3) is 0.292. The van der Waals surface area contributed by atoms with Gasteiger partial charge in [0.05, 0.1) is 6.42 Å². The number of piperidine rings is 1. The summed E-state index contributed by atoms with van der Waals surface area (Å²) in [5.74, 6) is 2.01. The van der Waals surface area contributed by atoms with Gasteiger partial charge in [0.2, 0.25) is 5.91 Å². The highest BCUT2D eigenvalue weighted by atomic mass is 16.1. The molecule has 29 heavy (non-hydrogen) atoms. The van der Waals surface area contributed by atoms with E-state index in [1.807, 2.05) is 42.5 Å². The van der Waals surface area contributed by atoms with Crippen molar-refractivity contribution in [2.75, 3.05) is 23.3 Å². The van der Waals surface area contributed by atoms with E-state index >= 15 is 0 Å². The fourth-order valence-corrected chi connectivity index (χ4v) is 3.84. The third-order valence-corrected chi connectivity index (χ3v) is 5.43. The molecule has 1 amide bonds. The molecule has 0 atom stereocenters. The Balaban J connectivity index is 1.27. The van der Waals surface area contributed by atoms with Gasteiger partial charge < -0.3 is 10.2 Å². The number of nitrogens with one attached hydrogen (secondary N) is 1. The number of rotatable bonds is 6. The number of hydrogen-bond donors (Lipinski definition) is 1. The molecule has 2 heterocycles. The van der Waals surface area contributed by atoms with Crippen LogP contribution in [0.5, 0.6) is 0 Å². The number of hydrogen-bond acceptors (Lipinski definition) is 4. The SMILES string of the molecule is O=C(Cc1ccccc1)Nc1ccc(N2CCC(Cc3ccccc3)CC2)nn1. The minimum atomic E-state index is -0.0834. The normalized spacial score (nSPS) is 14.6. The van der Waals surface area contributed by atoms with Crippen molar-refractivity contribution in [2.24, 2.45) is 5.92 Å². The van der Waals surface area contributed by atoms with Crippen LogP contribution in [0.1, 0.15) is 24.0 Å². The molecular weight excluding hydrogens is 360 g/mol. The Morgan fingerprint density at radius 2 is 1.52 bits per heavy atom. The van der Waals surface area contributed by atoms with Crippen LogP contribution in [-0.4, -0.2) is 29.2 Å². The second kappa shape index (κ2) is 9.32. The number of carbonyl (C=O) groups is 1. The number of amides is 1. The maximum atomic E-state index is 12.2. The van der Waals surface area contributed by atoms with Crippen molar-refractivity contribution < 1.29 is 4.79 Å². The molecule has 5 heteroatoms. The monoisotopic (exact) mass is 386 g/mol. The largest absolute Gasteiger partial charge is 0.355 e. The Hall–Kier alpha value is -3.21. The van der Waals surface area contributed by atoms with Gasteiger partial charge in [0.1, 0.15) is 0 Å². The molecule has 1 saturated heterocycles. The lowest BCUT2D eigenvalue weighted by Crippen LogP contribution is -2.35. The maximum absolute atomic E-state index is 12.2. The third kappa shape index (κ3) is 5.41. The van der Waals surface area contributed by atoms with Gasteiger partial charge in [0.25, 0.3) is 0 Å². The summed E-state index contributed by atoms with van der Waals surface area (Å²) in [6.45, 7) is 1.98. The van der Waals surface area contributed by atoms with Crippen LogP contribution in [-0.2, 0) is 17.6 Å². The van der Waals surface area contributed by atoms with E-state index in [1.54, 1.807) is 0 Å². The number of benzene rings is 2. The molecular formula is C24H26N4O. The summed E-state index contributed by atoms with van der Waals surface area (Å²) in [6, 6.07) is 24.2. The predicted octanol–water partition coefficient (Wildman–Crippen LogP) is 4.12. The van der Waals surface area contributed by atoms with Gasteiger partial charge in [-0.3, -0.25) is 4.79 Å². The molecule has 1 aliphatic rings. The standard InChI is InChI=1S/C24H26N4O/c29-24(18-20-9-5-2-6-10-20)25-22-11-12-23(27-26-22)28-15-13-21(14-16-28)17-19-7-3-1-4-8-19/h1-12,21H,13-18H2,(H,25,26,29). The highest BCUT2D eigenvalue weighted by molar-refractivity contribution is 5.91. The van der Waals surface area contributed by atoms with Crippen molar-refractivity contribution in [2.45, 2.75) is 25.7 Å². The number of anilines is 2. The molecule has 2 aromatic carbocycles. The van der Waals surface area contributed by atoms with Crippen LogP contribution in [0.4, 0.5) is 11.6 Å². The van der Waals surface area contributed by atoms with E-state index in [0.29, 0.717) is 12.2 Å². The van der Waals surface area contributed by atoms with Crippen molar-refractivity contribution in [1.82, 2.24) is 10.2 Å². The predicted molar refractivity (Wildman–Crippen MR) is 116 cm³/mol. The lowest BCUT2D eigenvalue weighted by Gasteiger charge is -2.32. The van der Waals surface area contributed by atoms with Crippen LogP contribution in [0.15, 0.2) is 72.8 Å². The molecule has 0 unspecified atom stereocenters. The topological polar surface area (TPSA) is 58.1 Å². The van der Waals surface area contributed by atoms with Crippen molar-refractivity contribution >= 4 is 17.5 Å². The minimum absolute atomic E-state index is 0.0834. The van der Waals surface area contributed by atoms with Gasteiger partial charge >= 0.3 is 0 Å². The molecule has 1 aliphatic heterocycles. The summed E-state index contributed by atoms with van der Waals surface area (Å²) >= 11 is 0. The van der Waals surface area contributed by atoms with E-state index < -0.39 is 0 Å². The maximum Gasteiger partial charge on any atom is 0.229 e. The number of carbonyl (C=O) groups excluding carboxylic acids is 1. The van der Waals surface area contributed by atoms with Crippen LogP contribution < -0.4 is 10.2 Å². The first kappa shape index (κ1) is 19.1.